The van der Waals surface area contributed by atoms with Gasteiger partial charge in [-0.25, -0.2) is 0 Å². The van der Waals surface area contributed by atoms with Crippen LogP contribution < -0.4 is 5.32 Å². The number of hydrogen-bond acceptors (Lipinski definition) is 3. The van der Waals surface area contributed by atoms with E-state index >= 15 is 0 Å². The lowest BCUT2D eigenvalue weighted by atomic mass is 9.93. The maximum Gasteiger partial charge on any atom is 0.0684 e. The van der Waals surface area contributed by atoms with Gasteiger partial charge in [-0.3, -0.25) is 4.98 Å². The molecule has 1 heterocycles. The molecule has 0 aliphatic rings. The van der Waals surface area contributed by atoms with Crippen LogP contribution in [-0.4, -0.2) is 37.1 Å². The molecule has 1 rings (SSSR count). The van der Waals surface area contributed by atoms with E-state index in [1.165, 1.54) is 0 Å². The second kappa shape index (κ2) is 6.98. The summed E-state index contributed by atoms with van der Waals surface area (Å²) in [6.07, 6.45) is 1.83. The number of nitrogens with one attached hydrogen (secondary N) is 1. The summed E-state index contributed by atoms with van der Waals surface area (Å²) in [5, 5.41) is 3.47. The van der Waals surface area contributed by atoms with Crippen molar-refractivity contribution < 1.29 is 0 Å². The number of nitrogens with zero attached hydrogens (tertiary/aromatic N) is 2. The third kappa shape index (κ3) is 5.78. The van der Waals surface area contributed by atoms with Gasteiger partial charge in [0.2, 0.25) is 0 Å². The van der Waals surface area contributed by atoms with Crippen molar-refractivity contribution in [3.63, 3.8) is 0 Å². The first-order valence-corrected chi connectivity index (χ1v) is 7.54. The molecule has 102 valence electrons. The fraction of sp³-hybridized carbons (Fsp3) is 0.615. The van der Waals surface area contributed by atoms with E-state index < -0.39 is 0 Å². The second-order valence-corrected chi connectivity index (χ2v) is 7.36. The maximum absolute atomic E-state index is 4.39. The first-order valence-electron chi connectivity index (χ1n) is 5.95. The van der Waals surface area contributed by atoms with E-state index in [9.17, 15) is 0 Å². The molecule has 18 heavy (non-hydrogen) atoms. The highest BCUT2D eigenvalue weighted by Gasteiger charge is 2.18. The minimum Gasteiger partial charge on any atom is -0.311 e. The van der Waals surface area contributed by atoms with Gasteiger partial charge in [-0.15, -0.1) is 0 Å². The van der Waals surface area contributed by atoms with Crippen LogP contribution in [0.2, 0.25) is 0 Å². The third-order valence-corrected chi connectivity index (χ3v) is 3.64. The van der Waals surface area contributed by atoms with Gasteiger partial charge in [-0.05, 0) is 57.4 Å². The van der Waals surface area contributed by atoms with Gasteiger partial charge in [0.05, 0.1) is 5.69 Å². The minimum absolute atomic E-state index is 0.255. The predicted octanol–water partition coefficient (Wildman–Crippen LogP) is 3.28. The molecule has 0 atom stereocenters. The summed E-state index contributed by atoms with van der Waals surface area (Å²) < 4.78 is 2.03. The van der Waals surface area contributed by atoms with Gasteiger partial charge in [0.15, 0.2) is 0 Å². The Morgan fingerprint density at radius 1 is 1.33 bits per heavy atom. The lowest BCUT2D eigenvalue weighted by Gasteiger charge is -2.28. The van der Waals surface area contributed by atoms with Crippen LogP contribution in [0.4, 0.5) is 0 Å². The van der Waals surface area contributed by atoms with Crippen molar-refractivity contribution in [2.75, 3.05) is 27.2 Å². The molecule has 0 saturated carbocycles. The molecule has 0 bridgehead atoms. The molecule has 0 saturated heterocycles. The summed E-state index contributed by atoms with van der Waals surface area (Å²) in [5.74, 6) is 0. The fourth-order valence-electron chi connectivity index (χ4n) is 2.00. The highest BCUT2D eigenvalue weighted by molar-refractivity contribution is 9.11. The van der Waals surface area contributed by atoms with Crippen LogP contribution in [0.15, 0.2) is 21.2 Å². The lowest BCUT2D eigenvalue weighted by Crippen LogP contribution is -2.37. The molecule has 0 aromatic carbocycles. The molecule has 0 aliphatic carbocycles. The summed E-state index contributed by atoms with van der Waals surface area (Å²) in [6, 6.07) is 2.02. The molecule has 0 unspecified atom stereocenters. The Morgan fingerprint density at radius 3 is 2.56 bits per heavy atom. The van der Waals surface area contributed by atoms with Crippen LogP contribution in [0.3, 0.4) is 0 Å². The molecule has 1 N–H and O–H groups in total. The van der Waals surface area contributed by atoms with E-state index in [-0.39, 0.29) is 5.41 Å². The van der Waals surface area contributed by atoms with Gasteiger partial charge < -0.3 is 10.2 Å². The van der Waals surface area contributed by atoms with Gasteiger partial charge in [0.1, 0.15) is 0 Å². The number of rotatable bonds is 6. The van der Waals surface area contributed by atoms with Crippen molar-refractivity contribution in [3.8, 4) is 0 Å². The largest absolute Gasteiger partial charge is 0.311 e. The molecule has 0 aliphatic heterocycles. The van der Waals surface area contributed by atoms with Crippen molar-refractivity contribution in [2.24, 2.45) is 5.41 Å². The topological polar surface area (TPSA) is 28.2 Å². The van der Waals surface area contributed by atoms with Gasteiger partial charge >= 0.3 is 0 Å². The first-order chi connectivity index (χ1) is 8.30. The summed E-state index contributed by atoms with van der Waals surface area (Å²) in [5.41, 5.74) is 1.30. The molecular weight excluding hydrogens is 358 g/mol. The quantitative estimate of drug-likeness (QED) is 0.823. The van der Waals surface area contributed by atoms with Crippen molar-refractivity contribution in [1.82, 2.24) is 15.2 Å². The molecule has 3 nitrogen and oxygen atoms in total. The summed E-state index contributed by atoms with van der Waals surface area (Å²) in [4.78, 5) is 6.61. The summed E-state index contributed by atoms with van der Waals surface area (Å²) >= 11 is 6.93. The fourth-order valence-corrected chi connectivity index (χ4v) is 3.13. The van der Waals surface area contributed by atoms with Crippen molar-refractivity contribution in [1.29, 1.82) is 0 Å². The normalized spacial score (nSPS) is 12.2. The van der Waals surface area contributed by atoms with E-state index in [4.69, 9.17) is 0 Å². The Balaban J connectivity index is 2.46. The molecule has 5 heteroatoms. The Kier molecular flexibility index (Phi) is 6.24. The zero-order valence-corrected chi connectivity index (χ0v) is 14.6. The van der Waals surface area contributed by atoms with Crippen molar-refractivity contribution in [3.05, 3.63) is 26.9 Å². The second-order valence-electron chi connectivity index (χ2n) is 5.59. The van der Waals surface area contributed by atoms with Crippen LogP contribution in [0.5, 0.6) is 0 Å². The van der Waals surface area contributed by atoms with Crippen LogP contribution in [0.1, 0.15) is 19.5 Å². The Morgan fingerprint density at radius 2 is 2.00 bits per heavy atom. The van der Waals surface area contributed by atoms with E-state index in [1.54, 1.807) is 0 Å². The van der Waals surface area contributed by atoms with E-state index in [0.29, 0.717) is 0 Å². The third-order valence-electron chi connectivity index (χ3n) is 2.52. The minimum atomic E-state index is 0.255. The summed E-state index contributed by atoms with van der Waals surface area (Å²) in [7, 11) is 4.21. The SMILES string of the molecule is CN(C)CC(C)(C)CNCc1ncc(Br)cc1Br. The predicted molar refractivity (Wildman–Crippen MR) is 83.7 cm³/mol. The Hall–Kier alpha value is 0.0300. The van der Waals surface area contributed by atoms with Crippen molar-refractivity contribution >= 4 is 31.9 Å². The van der Waals surface area contributed by atoms with E-state index in [2.05, 4.69) is 75.0 Å². The Bertz CT molecular complexity index is 392. The van der Waals surface area contributed by atoms with Crippen LogP contribution in [0.25, 0.3) is 0 Å². The van der Waals surface area contributed by atoms with Gasteiger partial charge in [-0.1, -0.05) is 13.8 Å². The molecule has 1 aromatic heterocycles. The average Bonchev–Trinajstić information content (AvgIpc) is 2.19. The molecule has 1 aromatic rings. The molecule has 0 spiro atoms. The maximum atomic E-state index is 4.39. The zero-order chi connectivity index (χ0) is 13.8. The van der Waals surface area contributed by atoms with Crippen LogP contribution in [0, 0.1) is 5.41 Å². The van der Waals surface area contributed by atoms with Gasteiger partial charge in [0, 0.05) is 34.8 Å². The van der Waals surface area contributed by atoms with E-state index in [0.717, 1.165) is 34.3 Å². The van der Waals surface area contributed by atoms with Gasteiger partial charge in [-0.2, -0.15) is 0 Å². The van der Waals surface area contributed by atoms with E-state index in [1.807, 2.05) is 12.3 Å². The molecular formula is C13H21Br2N3. The zero-order valence-electron chi connectivity index (χ0n) is 11.4. The smallest absolute Gasteiger partial charge is 0.0684 e. The average molecular weight is 379 g/mol. The molecule has 0 fully saturated rings. The molecule has 0 amide bonds. The monoisotopic (exact) mass is 377 g/mol. The highest BCUT2D eigenvalue weighted by Crippen LogP contribution is 2.20. The number of halogens is 2. The Labute approximate surface area is 127 Å². The van der Waals surface area contributed by atoms with Crippen molar-refractivity contribution in [2.45, 2.75) is 20.4 Å². The standard InChI is InChI=1S/C13H21Br2N3/c1-13(2,9-18(3)4)8-16-7-12-11(15)5-10(14)6-17-12/h5-6,16H,7-9H2,1-4H3. The van der Waals surface area contributed by atoms with Crippen LogP contribution >= 0.6 is 31.9 Å². The summed E-state index contributed by atoms with van der Waals surface area (Å²) in [6.45, 7) is 7.35. The first kappa shape index (κ1) is 16.1. The highest BCUT2D eigenvalue weighted by atomic mass is 79.9. The number of pyridine rings is 1. The lowest BCUT2D eigenvalue weighted by molar-refractivity contribution is 0.232. The van der Waals surface area contributed by atoms with Gasteiger partial charge in [0.25, 0.3) is 0 Å². The number of aromatic nitrogens is 1. The molecule has 0 radical (unpaired) electrons. The van der Waals surface area contributed by atoms with Crippen LogP contribution in [-0.2, 0) is 6.54 Å². The number of hydrogen-bond donors (Lipinski definition) is 1.